The Morgan fingerprint density at radius 1 is 1.42 bits per heavy atom. The number of amides is 1. The van der Waals surface area contributed by atoms with Crippen LogP contribution in [0.4, 0.5) is 0 Å². The largest absolute Gasteiger partial charge is 0.463 e. The third-order valence-electron chi connectivity index (χ3n) is 3.59. The SMILES string of the molecule is CCNC(=NCCC(=O)OC(C)C)N1CCCC(CC(N)=O)C1.I. The molecule has 0 bridgehead atoms. The molecule has 1 unspecified atom stereocenters. The van der Waals surface area contributed by atoms with E-state index in [0.717, 1.165) is 38.4 Å². The standard InChI is InChI=1S/C16H30N4O3.HI/c1-4-18-16(19-8-7-15(22)23-12(2)3)20-9-5-6-13(11-20)10-14(17)21;/h12-13H,4-11H2,1-3H3,(H2,17,21)(H,18,19);1H. The van der Waals surface area contributed by atoms with E-state index in [9.17, 15) is 9.59 Å². The van der Waals surface area contributed by atoms with Crippen LogP contribution in [0.1, 0.15) is 46.5 Å². The van der Waals surface area contributed by atoms with E-state index in [1.54, 1.807) is 0 Å². The first kappa shape index (κ1) is 22.9. The van der Waals surface area contributed by atoms with Crippen molar-refractivity contribution in [2.24, 2.45) is 16.6 Å². The van der Waals surface area contributed by atoms with Crippen LogP contribution in [-0.4, -0.2) is 55.0 Å². The molecule has 7 nitrogen and oxygen atoms in total. The minimum absolute atomic E-state index is 0. The number of carbonyl (C=O) groups excluding carboxylic acids is 2. The van der Waals surface area contributed by atoms with Crippen LogP contribution in [0.25, 0.3) is 0 Å². The summed E-state index contributed by atoms with van der Waals surface area (Å²) in [6.07, 6.45) is 2.61. The van der Waals surface area contributed by atoms with Gasteiger partial charge in [0.2, 0.25) is 5.91 Å². The van der Waals surface area contributed by atoms with Gasteiger partial charge in [0.05, 0.1) is 19.1 Å². The Morgan fingerprint density at radius 3 is 2.71 bits per heavy atom. The number of guanidine groups is 1. The molecule has 0 aromatic heterocycles. The Morgan fingerprint density at radius 2 is 2.12 bits per heavy atom. The normalized spacial score (nSPS) is 18.1. The van der Waals surface area contributed by atoms with Crippen LogP contribution < -0.4 is 11.1 Å². The molecule has 0 saturated carbocycles. The zero-order valence-electron chi connectivity index (χ0n) is 14.9. The Bertz CT molecular complexity index is 430. The Kier molecular flexibility index (Phi) is 11.8. The maximum Gasteiger partial charge on any atom is 0.307 e. The lowest BCUT2D eigenvalue weighted by Gasteiger charge is -2.34. The summed E-state index contributed by atoms with van der Waals surface area (Å²) in [5.41, 5.74) is 5.30. The number of primary amides is 1. The monoisotopic (exact) mass is 454 g/mol. The summed E-state index contributed by atoms with van der Waals surface area (Å²) < 4.78 is 5.10. The number of hydrogen-bond acceptors (Lipinski definition) is 4. The van der Waals surface area contributed by atoms with E-state index in [4.69, 9.17) is 10.5 Å². The summed E-state index contributed by atoms with van der Waals surface area (Å²) >= 11 is 0. The summed E-state index contributed by atoms with van der Waals surface area (Å²) in [5, 5.41) is 3.25. The molecule has 0 radical (unpaired) electrons. The first-order chi connectivity index (χ1) is 10.9. The fourth-order valence-electron chi connectivity index (χ4n) is 2.71. The molecule has 1 saturated heterocycles. The van der Waals surface area contributed by atoms with Crippen molar-refractivity contribution in [1.82, 2.24) is 10.2 Å². The number of esters is 1. The van der Waals surface area contributed by atoms with Crippen molar-refractivity contribution in [3.05, 3.63) is 0 Å². The number of rotatable bonds is 7. The zero-order chi connectivity index (χ0) is 17.2. The lowest BCUT2D eigenvalue weighted by Crippen LogP contribution is -2.47. The number of nitrogens with one attached hydrogen (secondary N) is 1. The topological polar surface area (TPSA) is 97.0 Å². The number of nitrogens with two attached hydrogens (primary N) is 1. The van der Waals surface area contributed by atoms with Gasteiger partial charge in [-0.1, -0.05) is 0 Å². The van der Waals surface area contributed by atoms with Gasteiger partial charge < -0.3 is 20.7 Å². The molecule has 140 valence electrons. The molecule has 1 aliphatic rings. The van der Waals surface area contributed by atoms with E-state index in [1.807, 2.05) is 20.8 Å². The number of piperidine rings is 1. The van der Waals surface area contributed by atoms with Gasteiger partial charge in [0.15, 0.2) is 5.96 Å². The Hall–Kier alpha value is -1.06. The summed E-state index contributed by atoms with van der Waals surface area (Å²) in [6.45, 7) is 8.49. The average molecular weight is 454 g/mol. The molecule has 3 N–H and O–H groups in total. The molecular formula is C16H31IN4O3. The van der Waals surface area contributed by atoms with Gasteiger partial charge in [0.25, 0.3) is 0 Å². The number of ether oxygens (including phenoxy) is 1. The minimum Gasteiger partial charge on any atom is -0.463 e. The third-order valence-corrected chi connectivity index (χ3v) is 3.59. The van der Waals surface area contributed by atoms with Crippen LogP contribution in [0.3, 0.4) is 0 Å². The van der Waals surface area contributed by atoms with Crippen LogP contribution >= 0.6 is 24.0 Å². The molecule has 0 aliphatic carbocycles. The highest BCUT2D eigenvalue weighted by Crippen LogP contribution is 2.19. The number of aliphatic imine (C=N–C) groups is 1. The van der Waals surface area contributed by atoms with Crippen LogP contribution in [0, 0.1) is 5.92 Å². The first-order valence-electron chi connectivity index (χ1n) is 8.43. The number of likely N-dealkylation sites (tertiary alicyclic amines) is 1. The number of hydrogen-bond donors (Lipinski definition) is 2. The van der Waals surface area contributed by atoms with Crippen molar-refractivity contribution in [3.63, 3.8) is 0 Å². The Balaban J connectivity index is 0.00000529. The number of nitrogens with zero attached hydrogens (tertiary/aromatic N) is 2. The third kappa shape index (κ3) is 9.29. The molecule has 1 aliphatic heterocycles. The van der Waals surface area contributed by atoms with Crippen molar-refractivity contribution in [2.75, 3.05) is 26.2 Å². The van der Waals surface area contributed by atoms with Gasteiger partial charge >= 0.3 is 5.97 Å². The maximum atomic E-state index is 11.6. The van der Waals surface area contributed by atoms with Crippen molar-refractivity contribution < 1.29 is 14.3 Å². The first-order valence-corrected chi connectivity index (χ1v) is 8.43. The smallest absolute Gasteiger partial charge is 0.307 e. The van der Waals surface area contributed by atoms with Crippen LogP contribution in [-0.2, 0) is 14.3 Å². The average Bonchev–Trinajstić information content (AvgIpc) is 2.45. The van der Waals surface area contributed by atoms with Gasteiger partial charge in [-0.15, -0.1) is 24.0 Å². The van der Waals surface area contributed by atoms with E-state index in [1.165, 1.54) is 0 Å². The highest BCUT2D eigenvalue weighted by molar-refractivity contribution is 14.0. The molecule has 0 aromatic carbocycles. The van der Waals surface area contributed by atoms with Crippen molar-refractivity contribution in [2.45, 2.75) is 52.6 Å². The van der Waals surface area contributed by atoms with E-state index < -0.39 is 0 Å². The molecule has 1 atom stereocenters. The molecule has 0 aromatic rings. The molecule has 24 heavy (non-hydrogen) atoms. The molecule has 1 heterocycles. The van der Waals surface area contributed by atoms with E-state index in [2.05, 4.69) is 15.2 Å². The van der Waals surface area contributed by atoms with Crippen LogP contribution in [0.15, 0.2) is 4.99 Å². The molecular weight excluding hydrogens is 423 g/mol. The molecule has 0 spiro atoms. The van der Waals surface area contributed by atoms with Gasteiger partial charge in [0, 0.05) is 26.1 Å². The summed E-state index contributed by atoms with van der Waals surface area (Å²) in [6, 6.07) is 0. The molecule has 1 amide bonds. The zero-order valence-corrected chi connectivity index (χ0v) is 17.2. The second-order valence-corrected chi connectivity index (χ2v) is 6.15. The number of halogens is 1. The molecule has 8 heteroatoms. The predicted molar refractivity (Wildman–Crippen MR) is 105 cm³/mol. The minimum atomic E-state index is -0.254. The molecule has 1 fully saturated rings. The fraction of sp³-hybridized carbons (Fsp3) is 0.812. The van der Waals surface area contributed by atoms with Crippen LogP contribution in [0.2, 0.25) is 0 Å². The summed E-state index contributed by atoms with van der Waals surface area (Å²) in [7, 11) is 0. The van der Waals surface area contributed by atoms with E-state index in [0.29, 0.717) is 13.0 Å². The van der Waals surface area contributed by atoms with Crippen molar-refractivity contribution >= 4 is 41.8 Å². The highest BCUT2D eigenvalue weighted by atomic mass is 127. The molecule has 1 rings (SSSR count). The van der Waals surface area contributed by atoms with Crippen molar-refractivity contribution in [3.8, 4) is 0 Å². The highest BCUT2D eigenvalue weighted by Gasteiger charge is 2.23. The van der Waals surface area contributed by atoms with E-state index in [-0.39, 0.29) is 54.3 Å². The predicted octanol–water partition coefficient (Wildman–Crippen LogP) is 1.50. The van der Waals surface area contributed by atoms with Gasteiger partial charge in [-0.25, -0.2) is 0 Å². The summed E-state index contributed by atoms with van der Waals surface area (Å²) in [5.74, 6) is 0.579. The quantitative estimate of drug-likeness (QED) is 0.263. The number of carbonyl (C=O) groups is 2. The maximum absolute atomic E-state index is 11.6. The van der Waals surface area contributed by atoms with Crippen molar-refractivity contribution in [1.29, 1.82) is 0 Å². The van der Waals surface area contributed by atoms with E-state index >= 15 is 0 Å². The van der Waals surface area contributed by atoms with Crippen LogP contribution in [0.5, 0.6) is 0 Å². The lowest BCUT2D eigenvalue weighted by molar-refractivity contribution is -0.147. The Labute approximate surface area is 161 Å². The second-order valence-electron chi connectivity index (χ2n) is 6.15. The lowest BCUT2D eigenvalue weighted by atomic mass is 9.95. The van der Waals surface area contributed by atoms with Gasteiger partial charge in [-0.3, -0.25) is 14.6 Å². The van der Waals surface area contributed by atoms with Gasteiger partial charge in [-0.2, -0.15) is 0 Å². The van der Waals surface area contributed by atoms with Gasteiger partial charge in [0.1, 0.15) is 0 Å². The second kappa shape index (κ2) is 12.3. The fourth-order valence-corrected chi connectivity index (χ4v) is 2.71. The summed E-state index contributed by atoms with van der Waals surface area (Å²) in [4.78, 5) is 29.3. The van der Waals surface area contributed by atoms with Gasteiger partial charge in [-0.05, 0) is 39.5 Å².